The Morgan fingerprint density at radius 3 is 2.83 bits per heavy atom. The van der Waals surface area contributed by atoms with E-state index in [2.05, 4.69) is 4.90 Å². The standard InChI is InChI=1S/C17H21ClFNO3/c1-3-23-17(22)10-16(21)12-6-7-20(2)15(9-12)11-4-5-13(18)14(19)8-11/h4-5,8,12,15H,3,6-7,9-10H2,1-2H3. The molecule has 0 aliphatic carbocycles. The molecule has 2 rings (SSSR count). The van der Waals surface area contributed by atoms with Gasteiger partial charge in [-0.2, -0.15) is 0 Å². The number of hydrogen-bond donors (Lipinski definition) is 0. The molecule has 0 amide bonds. The number of likely N-dealkylation sites (tertiary alicyclic amines) is 1. The second-order valence-electron chi connectivity index (χ2n) is 5.84. The van der Waals surface area contributed by atoms with E-state index in [0.717, 1.165) is 5.56 Å². The Bertz CT molecular complexity index is 593. The fraction of sp³-hybridized carbons (Fsp3) is 0.529. The number of hydrogen-bond acceptors (Lipinski definition) is 4. The summed E-state index contributed by atoms with van der Waals surface area (Å²) in [6.07, 6.45) is 1.07. The highest BCUT2D eigenvalue weighted by molar-refractivity contribution is 6.30. The van der Waals surface area contributed by atoms with E-state index in [1.807, 2.05) is 7.05 Å². The van der Waals surface area contributed by atoms with E-state index in [1.165, 1.54) is 12.1 Å². The summed E-state index contributed by atoms with van der Waals surface area (Å²) in [5.41, 5.74) is 0.794. The van der Waals surface area contributed by atoms with Crippen molar-refractivity contribution < 1.29 is 18.7 Å². The van der Waals surface area contributed by atoms with Gasteiger partial charge in [-0.3, -0.25) is 14.5 Å². The summed E-state index contributed by atoms with van der Waals surface area (Å²) in [4.78, 5) is 25.8. The van der Waals surface area contributed by atoms with Crippen molar-refractivity contribution >= 4 is 23.4 Å². The molecular formula is C17H21ClFNO3. The maximum Gasteiger partial charge on any atom is 0.313 e. The fourth-order valence-electron chi connectivity index (χ4n) is 2.98. The molecule has 0 bridgehead atoms. The SMILES string of the molecule is CCOC(=O)CC(=O)C1CCN(C)C(c2ccc(Cl)c(F)c2)C1. The van der Waals surface area contributed by atoms with Gasteiger partial charge in [0.05, 0.1) is 11.6 Å². The van der Waals surface area contributed by atoms with Gasteiger partial charge >= 0.3 is 5.97 Å². The molecule has 0 aromatic heterocycles. The second-order valence-corrected chi connectivity index (χ2v) is 6.25. The predicted molar refractivity (Wildman–Crippen MR) is 85.8 cm³/mol. The third-order valence-corrected chi connectivity index (χ3v) is 4.58. The topological polar surface area (TPSA) is 46.6 Å². The van der Waals surface area contributed by atoms with E-state index in [1.54, 1.807) is 13.0 Å². The minimum atomic E-state index is -0.481. The average molecular weight is 342 g/mol. The van der Waals surface area contributed by atoms with Crippen LogP contribution >= 0.6 is 11.6 Å². The number of halogens is 2. The molecule has 1 aliphatic heterocycles. The van der Waals surface area contributed by atoms with Gasteiger partial charge < -0.3 is 4.74 Å². The number of rotatable bonds is 5. The lowest BCUT2D eigenvalue weighted by molar-refractivity contribution is -0.146. The van der Waals surface area contributed by atoms with Crippen LogP contribution in [-0.2, 0) is 14.3 Å². The Hall–Kier alpha value is -1.46. The van der Waals surface area contributed by atoms with Crippen LogP contribution in [-0.4, -0.2) is 36.9 Å². The minimum absolute atomic E-state index is 0.0633. The van der Waals surface area contributed by atoms with E-state index >= 15 is 0 Å². The second kappa shape index (κ2) is 7.88. The number of ether oxygens (including phenoxy) is 1. The Morgan fingerprint density at radius 2 is 2.17 bits per heavy atom. The van der Waals surface area contributed by atoms with Gasteiger partial charge in [-0.25, -0.2) is 4.39 Å². The van der Waals surface area contributed by atoms with Crippen molar-refractivity contribution in [3.8, 4) is 0 Å². The summed E-state index contributed by atoms with van der Waals surface area (Å²) in [6, 6.07) is 4.67. The highest BCUT2D eigenvalue weighted by Crippen LogP contribution is 2.35. The van der Waals surface area contributed by atoms with Crippen LogP contribution in [0.25, 0.3) is 0 Å². The van der Waals surface area contributed by atoms with Crippen LogP contribution in [0.3, 0.4) is 0 Å². The molecule has 6 heteroatoms. The third kappa shape index (κ3) is 4.52. The van der Waals surface area contributed by atoms with Gasteiger partial charge in [0.25, 0.3) is 0 Å². The number of benzene rings is 1. The van der Waals surface area contributed by atoms with Crippen molar-refractivity contribution in [1.82, 2.24) is 4.90 Å². The molecule has 1 aromatic carbocycles. The van der Waals surface area contributed by atoms with Crippen molar-refractivity contribution in [1.29, 1.82) is 0 Å². The molecule has 2 atom stereocenters. The molecular weight excluding hydrogens is 321 g/mol. The van der Waals surface area contributed by atoms with Gasteiger partial charge in [-0.05, 0) is 51.1 Å². The van der Waals surface area contributed by atoms with Crippen molar-refractivity contribution in [2.45, 2.75) is 32.2 Å². The first-order chi connectivity index (χ1) is 10.9. The van der Waals surface area contributed by atoms with Crippen LogP contribution in [0.4, 0.5) is 4.39 Å². The number of carbonyl (C=O) groups is 2. The minimum Gasteiger partial charge on any atom is -0.466 e. The fourth-order valence-corrected chi connectivity index (χ4v) is 3.10. The Morgan fingerprint density at radius 1 is 1.43 bits per heavy atom. The molecule has 126 valence electrons. The monoisotopic (exact) mass is 341 g/mol. The number of carbonyl (C=O) groups excluding carboxylic acids is 2. The number of esters is 1. The normalized spacial score (nSPS) is 21.9. The first-order valence-electron chi connectivity index (χ1n) is 7.75. The first kappa shape index (κ1) is 17.9. The van der Waals surface area contributed by atoms with Crippen LogP contribution < -0.4 is 0 Å². The predicted octanol–water partition coefficient (Wildman–Crippen LogP) is 3.38. The quantitative estimate of drug-likeness (QED) is 0.608. The summed E-state index contributed by atoms with van der Waals surface area (Å²) >= 11 is 5.73. The summed E-state index contributed by atoms with van der Waals surface area (Å²) in [6.45, 7) is 2.70. The smallest absolute Gasteiger partial charge is 0.313 e. The Balaban J connectivity index is 2.08. The summed E-state index contributed by atoms with van der Waals surface area (Å²) in [5, 5.41) is 0.0853. The maximum absolute atomic E-state index is 13.7. The van der Waals surface area contributed by atoms with Crippen molar-refractivity contribution in [2.24, 2.45) is 5.92 Å². The van der Waals surface area contributed by atoms with Crippen LogP contribution in [0, 0.1) is 11.7 Å². The number of piperidine rings is 1. The van der Waals surface area contributed by atoms with Gasteiger partial charge in [-0.1, -0.05) is 17.7 Å². The zero-order valence-corrected chi connectivity index (χ0v) is 14.1. The molecule has 4 nitrogen and oxygen atoms in total. The number of nitrogens with zero attached hydrogens (tertiary/aromatic N) is 1. The molecule has 23 heavy (non-hydrogen) atoms. The Kier molecular flexibility index (Phi) is 6.13. The number of ketones is 1. The molecule has 0 saturated carbocycles. The largest absolute Gasteiger partial charge is 0.466 e. The molecule has 0 N–H and O–H groups in total. The lowest BCUT2D eigenvalue weighted by Crippen LogP contribution is -2.37. The lowest BCUT2D eigenvalue weighted by Gasteiger charge is -2.36. The van der Waals surface area contributed by atoms with E-state index in [0.29, 0.717) is 19.4 Å². The Labute approximate surface area is 140 Å². The highest BCUT2D eigenvalue weighted by atomic mass is 35.5. The molecule has 2 unspecified atom stereocenters. The highest BCUT2D eigenvalue weighted by Gasteiger charge is 2.32. The van der Waals surface area contributed by atoms with Crippen LogP contribution in [0.2, 0.25) is 5.02 Å². The van der Waals surface area contributed by atoms with Gasteiger partial charge in [0.15, 0.2) is 0 Å². The van der Waals surface area contributed by atoms with Gasteiger partial charge in [0.2, 0.25) is 0 Å². The summed E-state index contributed by atoms with van der Waals surface area (Å²) < 4.78 is 18.5. The molecule has 1 aliphatic rings. The van der Waals surface area contributed by atoms with E-state index in [9.17, 15) is 14.0 Å². The van der Waals surface area contributed by atoms with Crippen molar-refractivity contribution in [2.75, 3.05) is 20.2 Å². The molecule has 1 heterocycles. The van der Waals surface area contributed by atoms with E-state index in [4.69, 9.17) is 16.3 Å². The molecule has 0 radical (unpaired) electrons. The lowest BCUT2D eigenvalue weighted by atomic mass is 9.84. The third-order valence-electron chi connectivity index (χ3n) is 4.28. The summed E-state index contributed by atoms with van der Waals surface area (Å²) in [5.74, 6) is -1.25. The molecule has 0 spiro atoms. The van der Waals surface area contributed by atoms with E-state index < -0.39 is 11.8 Å². The maximum atomic E-state index is 13.7. The van der Waals surface area contributed by atoms with E-state index in [-0.39, 0.29) is 35.8 Å². The molecule has 1 aromatic rings. The first-order valence-corrected chi connectivity index (χ1v) is 8.13. The van der Waals surface area contributed by atoms with Crippen molar-refractivity contribution in [3.63, 3.8) is 0 Å². The van der Waals surface area contributed by atoms with Crippen LogP contribution in [0.5, 0.6) is 0 Å². The molecule has 1 fully saturated rings. The van der Waals surface area contributed by atoms with Crippen LogP contribution in [0.15, 0.2) is 18.2 Å². The summed E-state index contributed by atoms with van der Waals surface area (Å²) in [7, 11) is 1.95. The average Bonchev–Trinajstić information content (AvgIpc) is 2.50. The zero-order valence-electron chi connectivity index (χ0n) is 13.4. The number of Topliss-reactive ketones (excluding diaryl/α,β-unsaturated/α-hetero) is 1. The molecule has 1 saturated heterocycles. The van der Waals surface area contributed by atoms with Gasteiger partial charge in [0, 0.05) is 12.0 Å². The van der Waals surface area contributed by atoms with Crippen molar-refractivity contribution in [3.05, 3.63) is 34.6 Å². The van der Waals surface area contributed by atoms with Crippen LogP contribution in [0.1, 0.15) is 37.8 Å². The van der Waals surface area contributed by atoms with Gasteiger partial charge in [-0.15, -0.1) is 0 Å². The van der Waals surface area contributed by atoms with Gasteiger partial charge in [0.1, 0.15) is 18.0 Å². The zero-order chi connectivity index (χ0) is 17.0.